The molecular weight excluding hydrogens is 258 g/mol. The van der Waals surface area contributed by atoms with Gasteiger partial charge in [-0.2, -0.15) is 0 Å². The minimum absolute atomic E-state index is 0.263. The molecule has 0 spiro atoms. The molecule has 1 amide bonds. The van der Waals surface area contributed by atoms with E-state index in [9.17, 15) is 4.79 Å². The monoisotopic (exact) mass is 281 g/mol. The SMILES string of the molecule is CC(C)(C)C1CCC(=O)N(Cc2cnc(N)s2)CC1. The summed E-state index contributed by atoms with van der Waals surface area (Å²) in [5, 5.41) is 0.574. The Hall–Kier alpha value is -1.10. The molecule has 5 heteroatoms. The maximum Gasteiger partial charge on any atom is 0.222 e. The van der Waals surface area contributed by atoms with Gasteiger partial charge in [-0.05, 0) is 24.2 Å². The molecule has 0 radical (unpaired) electrons. The zero-order chi connectivity index (χ0) is 14.0. The number of likely N-dealkylation sites (tertiary alicyclic amines) is 1. The van der Waals surface area contributed by atoms with E-state index in [-0.39, 0.29) is 11.3 Å². The molecular formula is C14H23N3OS. The fraction of sp³-hybridized carbons (Fsp3) is 0.714. The van der Waals surface area contributed by atoms with E-state index in [1.165, 1.54) is 11.3 Å². The number of nitrogens with two attached hydrogens (primary N) is 1. The van der Waals surface area contributed by atoms with E-state index in [1.54, 1.807) is 6.20 Å². The van der Waals surface area contributed by atoms with E-state index in [0.717, 1.165) is 24.3 Å². The van der Waals surface area contributed by atoms with E-state index >= 15 is 0 Å². The molecule has 0 saturated carbocycles. The quantitative estimate of drug-likeness (QED) is 0.906. The summed E-state index contributed by atoms with van der Waals surface area (Å²) in [4.78, 5) is 19.2. The molecule has 1 fully saturated rings. The molecule has 1 aliphatic rings. The third-order valence-corrected chi connectivity index (χ3v) is 4.76. The lowest BCUT2D eigenvalue weighted by Crippen LogP contribution is -2.29. The average Bonchev–Trinajstić information content (AvgIpc) is 2.61. The largest absolute Gasteiger partial charge is 0.375 e. The van der Waals surface area contributed by atoms with Gasteiger partial charge in [0, 0.05) is 24.0 Å². The standard InChI is InChI=1S/C14H23N3OS/c1-14(2,3)10-4-5-12(18)17(7-6-10)9-11-8-16-13(15)19-11/h8,10H,4-7,9H2,1-3H3,(H2,15,16). The minimum Gasteiger partial charge on any atom is -0.375 e. The Balaban J connectivity index is 2.00. The van der Waals surface area contributed by atoms with Crippen LogP contribution in [0.3, 0.4) is 0 Å². The van der Waals surface area contributed by atoms with Crippen LogP contribution in [0, 0.1) is 11.3 Å². The number of anilines is 1. The maximum absolute atomic E-state index is 12.2. The average molecular weight is 281 g/mol. The Morgan fingerprint density at radius 2 is 2.21 bits per heavy atom. The topological polar surface area (TPSA) is 59.2 Å². The lowest BCUT2D eigenvalue weighted by molar-refractivity contribution is -0.131. The van der Waals surface area contributed by atoms with Crippen LogP contribution in [-0.2, 0) is 11.3 Å². The van der Waals surface area contributed by atoms with Crippen LogP contribution in [0.25, 0.3) is 0 Å². The number of hydrogen-bond acceptors (Lipinski definition) is 4. The highest BCUT2D eigenvalue weighted by Crippen LogP contribution is 2.35. The van der Waals surface area contributed by atoms with Crippen molar-refractivity contribution in [2.45, 2.75) is 46.6 Å². The molecule has 1 aromatic heterocycles. The summed E-state index contributed by atoms with van der Waals surface area (Å²) >= 11 is 1.47. The first-order valence-electron chi connectivity index (χ1n) is 6.84. The zero-order valence-electron chi connectivity index (χ0n) is 12.0. The number of nitrogen functional groups attached to an aromatic ring is 1. The summed E-state index contributed by atoms with van der Waals surface area (Å²) < 4.78 is 0. The predicted octanol–water partition coefficient (Wildman–Crippen LogP) is 2.90. The predicted molar refractivity (Wildman–Crippen MR) is 78.7 cm³/mol. The third-order valence-electron chi connectivity index (χ3n) is 3.95. The van der Waals surface area contributed by atoms with E-state index in [1.807, 2.05) is 4.90 Å². The van der Waals surface area contributed by atoms with Crippen LogP contribution in [0.4, 0.5) is 5.13 Å². The van der Waals surface area contributed by atoms with Crippen molar-refractivity contribution in [3.8, 4) is 0 Å². The maximum atomic E-state index is 12.2. The molecule has 1 saturated heterocycles. The highest BCUT2D eigenvalue weighted by molar-refractivity contribution is 7.15. The van der Waals surface area contributed by atoms with E-state index in [0.29, 0.717) is 24.0 Å². The lowest BCUT2D eigenvalue weighted by Gasteiger charge is -2.29. The third kappa shape index (κ3) is 3.69. The van der Waals surface area contributed by atoms with Crippen molar-refractivity contribution >= 4 is 22.4 Å². The molecule has 2 rings (SSSR count). The highest BCUT2D eigenvalue weighted by atomic mass is 32.1. The molecule has 2 N–H and O–H groups in total. The minimum atomic E-state index is 0.263. The summed E-state index contributed by atoms with van der Waals surface area (Å²) in [6.45, 7) is 8.30. The van der Waals surface area contributed by atoms with Gasteiger partial charge >= 0.3 is 0 Å². The van der Waals surface area contributed by atoms with Crippen molar-refractivity contribution in [3.63, 3.8) is 0 Å². The molecule has 0 aliphatic carbocycles. The number of hydrogen-bond donors (Lipinski definition) is 1. The Labute approximate surface area is 119 Å². The summed E-state index contributed by atoms with van der Waals surface area (Å²) in [6, 6.07) is 0. The van der Waals surface area contributed by atoms with Crippen molar-refractivity contribution in [2.24, 2.45) is 11.3 Å². The Morgan fingerprint density at radius 3 is 2.79 bits per heavy atom. The molecule has 0 aromatic carbocycles. The lowest BCUT2D eigenvalue weighted by atomic mass is 9.77. The number of amides is 1. The van der Waals surface area contributed by atoms with Crippen LogP contribution in [0.2, 0.25) is 0 Å². The summed E-state index contributed by atoms with van der Waals surface area (Å²) in [5.41, 5.74) is 5.92. The van der Waals surface area contributed by atoms with Gasteiger partial charge < -0.3 is 10.6 Å². The molecule has 1 atom stereocenters. The molecule has 1 aromatic rings. The Kier molecular flexibility index (Phi) is 4.13. The van der Waals surface area contributed by atoms with Gasteiger partial charge in [0.25, 0.3) is 0 Å². The fourth-order valence-corrected chi connectivity index (χ4v) is 3.35. The normalized spacial score (nSPS) is 21.5. The van der Waals surface area contributed by atoms with Gasteiger partial charge in [-0.3, -0.25) is 4.79 Å². The van der Waals surface area contributed by atoms with Gasteiger partial charge in [0.15, 0.2) is 5.13 Å². The molecule has 2 heterocycles. The Morgan fingerprint density at radius 1 is 1.47 bits per heavy atom. The van der Waals surface area contributed by atoms with Crippen LogP contribution in [0.1, 0.15) is 44.9 Å². The second-order valence-electron chi connectivity index (χ2n) is 6.37. The first-order chi connectivity index (χ1) is 8.86. The summed E-state index contributed by atoms with van der Waals surface area (Å²) in [5.74, 6) is 0.881. The van der Waals surface area contributed by atoms with Gasteiger partial charge in [-0.25, -0.2) is 4.98 Å². The number of carbonyl (C=O) groups is 1. The first kappa shape index (κ1) is 14.3. The first-order valence-corrected chi connectivity index (χ1v) is 7.66. The number of nitrogens with zero attached hydrogens (tertiary/aromatic N) is 2. The number of thiazole rings is 1. The van der Waals surface area contributed by atoms with Gasteiger partial charge in [0.05, 0.1) is 6.54 Å². The second kappa shape index (κ2) is 5.49. The van der Waals surface area contributed by atoms with E-state index in [4.69, 9.17) is 5.73 Å². The van der Waals surface area contributed by atoms with Crippen molar-refractivity contribution in [1.82, 2.24) is 9.88 Å². The van der Waals surface area contributed by atoms with E-state index < -0.39 is 0 Å². The van der Waals surface area contributed by atoms with Crippen molar-refractivity contribution in [2.75, 3.05) is 12.3 Å². The number of rotatable bonds is 2. The van der Waals surface area contributed by atoms with Crippen LogP contribution < -0.4 is 5.73 Å². The van der Waals surface area contributed by atoms with Crippen molar-refractivity contribution in [3.05, 3.63) is 11.1 Å². The van der Waals surface area contributed by atoms with Crippen LogP contribution in [-0.4, -0.2) is 22.3 Å². The second-order valence-corrected chi connectivity index (χ2v) is 7.52. The number of aromatic nitrogens is 1. The number of carbonyl (C=O) groups excluding carboxylic acids is 1. The molecule has 1 aliphatic heterocycles. The van der Waals surface area contributed by atoms with Gasteiger partial charge in [-0.15, -0.1) is 11.3 Å². The molecule has 4 nitrogen and oxygen atoms in total. The molecule has 0 bridgehead atoms. The van der Waals surface area contributed by atoms with Crippen molar-refractivity contribution < 1.29 is 4.79 Å². The van der Waals surface area contributed by atoms with Crippen molar-refractivity contribution in [1.29, 1.82) is 0 Å². The van der Waals surface area contributed by atoms with E-state index in [2.05, 4.69) is 25.8 Å². The smallest absolute Gasteiger partial charge is 0.222 e. The Bertz CT molecular complexity index is 450. The zero-order valence-corrected chi connectivity index (χ0v) is 12.8. The van der Waals surface area contributed by atoms with Crippen LogP contribution in [0.5, 0.6) is 0 Å². The van der Waals surface area contributed by atoms with Crippen LogP contribution >= 0.6 is 11.3 Å². The fourth-order valence-electron chi connectivity index (χ4n) is 2.65. The molecule has 106 valence electrons. The molecule has 1 unspecified atom stereocenters. The summed E-state index contributed by atoms with van der Waals surface area (Å²) in [7, 11) is 0. The van der Waals surface area contributed by atoms with Gasteiger partial charge in [0.2, 0.25) is 5.91 Å². The highest BCUT2D eigenvalue weighted by Gasteiger charge is 2.30. The molecule has 19 heavy (non-hydrogen) atoms. The van der Waals surface area contributed by atoms with Gasteiger partial charge in [0.1, 0.15) is 0 Å². The summed E-state index contributed by atoms with van der Waals surface area (Å²) in [6.07, 6.45) is 4.53. The van der Waals surface area contributed by atoms with Gasteiger partial charge in [-0.1, -0.05) is 20.8 Å². The van der Waals surface area contributed by atoms with Crippen LogP contribution in [0.15, 0.2) is 6.20 Å².